The van der Waals surface area contributed by atoms with E-state index in [4.69, 9.17) is 24.7 Å². The molecular weight excluding hydrogens is 284 g/mol. The van der Waals surface area contributed by atoms with Crippen LogP contribution in [0.2, 0.25) is 0 Å². The van der Waals surface area contributed by atoms with Crippen LogP contribution in [0.3, 0.4) is 0 Å². The van der Waals surface area contributed by atoms with E-state index in [1.165, 1.54) is 0 Å². The lowest BCUT2D eigenvalue weighted by atomic mass is 10.5. The van der Waals surface area contributed by atoms with Gasteiger partial charge in [-0.05, 0) is 0 Å². The summed E-state index contributed by atoms with van der Waals surface area (Å²) in [6.07, 6.45) is 0.905. The third kappa shape index (κ3) is 17.6. The third-order valence-corrected chi connectivity index (χ3v) is 3.37. The van der Waals surface area contributed by atoms with E-state index in [9.17, 15) is 0 Å². The lowest BCUT2D eigenvalue weighted by Crippen LogP contribution is -2.02. The minimum Gasteiger partial charge on any atom is -0.380 e. The van der Waals surface area contributed by atoms with Gasteiger partial charge >= 0.3 is 0 Å². The summed E-state index contributed by atoms with van der Waals surface area (Å²) >= 11 is 3.35. The normalized spacial score (nSPS) is 10.0. The van der Waals surface area contributed by atoms with Crippen LogP contribution in [0, 0.1) is 22.7 Å². The van der Waals surface area contributed by atoms with E-state index in [2.05, 4.69) is 0 Å². The standard InChI is InChI=1S/C12H20N2O3S2/c13-3-1-5-15-7-9-18-11-17-12-19-10-8-16-6-2-4-14/h1-2,5-12H2. The first-order valence-corrected chi connectivity index (χ1v) is 8.35. The maximum absolute atomic E-state index is 8.29. The van der Waals surface area contributed by atoms with Gasteiger partial charge in [0.1, 0.15) is 0 Å². The van der Waals surface area contributed by atoms with Crippen molar-refractivity contribution < 1.29 is 14.2 Å². The van der Waals surface area contributed by atoms with Crippen LogP contribution in [-0.4, -0.2) is 49.8 Å². The number of nitriles is 2. The van der Waals surface area contributed by atoms with E-state index in [-0.39, 0.29) is 0 Å². The Labute approximate surface area is 123 Å². The van der Waals surface area contributed by atoms with Crippen LogP contribution in [0.5, 0.6) is 0 Å². The molecule has 0 bridgehead atoms. The van der Waals surface area contributed by atoms with Gasteiger partial charge in [0, 0.05) is 11.5 Å². The molecule has 0 radical (unpaired) electrons. The van der Waals surface area contributed by atoms with Gasteiger partial charge in [0.2, 0.25) is 0 Å². The second-order valence-electron chi connectivity index (χ2n) is 3.30. The molecule has 0 aliphatic rings. The van der Waals surface area contributed by atoms with Crippen molar-refractivity contribution in [3.63, 3.8) is 0 Å². The smallest absolute Gasteiger partial charge is 0.0933 e. The van der Waals surface area contributed by atoms with Gasteiger partial charge in [0.25, 0.3) is 0 Å². The van der Waals surface area contributed by atoms with Crippen LogP contribution >= 0.6 is 23.5 Å². The summed E-state index contributed by atoms with van der Waals surface area (Å²) in [6, 6.07) is 4.06. The zero-order chi connectivity index (χ0) is 14.0. The number of ether oxygens (including phenoxy) is 3. The van der Waals surface area contributed by atoms with E-state index in [1.54, 1.807) is 23.5 Å². The number of hydrogen-bond donors (Lipinski definition) is 0. The number of hydrogen-bond acceptors (Lipinski definition) is 7. The maximum atomic E-state index is 8.29. The van der Waals surface area contributed by atoms with Crippen LogP contribution < -0.4 is 0 Å². The van der Waals surface area contributed by atoms with E-state index in [1.807, 2.05) is 12.1 Å². The molecule has 0 atom stereocenters. The summed E-state index contributed by atoms with van der Waals surface area (Å²) in [7, 11) is 0. The molecule has 0 N–H and O–H groups in total. The molecule has 0 unspecified atom stereocenters. The van der Waals surface area contributed by atoms with Crippen molar-refractivity contribution in [2.45, 2.75) is 12.8 Å². The lowest BCUT2D eigenvalue weighted by molar-refractivity contribution is 0.155. The molecule has 7 heteroatoms. The van der Waals surface area contributed by atoms with Gasteiger partial charge in [-0.3, -0.25) is 0 Å². The van der Waals surface area contributed by atoms with E-state index in [0.717, 1.165) is 11.5 Å². The molecule has 0 amide bonds. The molecule has 0 aromatic heterocycles. The van der Waals surface area contributed by atoms with Gasteiger partial charge in [0.05, 0.1) is 63.3 Å². The Bertz CT molecular complexity index is 241. The lowest BCUT2D eigenvalue weighted by Gasteiger charge is -2.05. The summed E-state index contributed by atoms with van der Waals surface area (Å²) < 4.78 is 15.8. The highest BCUT2D eigenvalue weighted by molar-refractivity contribution is 7.99. The van der Waals surface area contributed by atoms with E-state index >= 15 is 0 Å². The fourth-order valence-corrected chi connectivity index (χ4v) is 2.16. The molecule has 108 valence electrons. The fraction of sp³-hybridized carbons (Fsp3) is 0.833. The first kappa shape index (κ1) is 18.6. The highest BCUT2D eigenvalue weighted by atomic mass is 32.2. The molecule has 0 saturated carbocycles. The quantitative estimate of drug-likeness (QED) is 0.360. The molecule has 0 saturated heterocycles. The summed E-state index contributed by atoms with van der Waals surface area (Å²) in [4.78, 5) is 0. The SMILES string of the molecule is N#CCCOCCSCOCSCCOCCC#N. The zero-order valence-corrected chi connectivity index (χ0v) is 12.6. The maximum Gasteiger partial charge on any atom is 0.0933 e. The topological polar surface area (TPSA) is 75.3 Å². The molecule has 0 heterocycles. The fourth-order valence-electron chi connectivity index (χ4n) is 0.945. The molecule has 19 heavy (non-hydrogen) atoms. The van der Waals surface area contributed by atoms with Crippen molar-refractivity contribution in [1.29, 1.82) is 10.5 Å². The Morgan fingerprint density at radius 2 is 1.16 bits per heavy atom. The largest absolute Gasteiger partial charge is 0.380 e. The van der Waals surface area contributed by atoms with Crippen LogP contribution in [0.15, 0.2) is 0 Å². The predicted molar refractivity (Wildman–Crippen MR) is 77.8 cm³/mol. The molecule has 0 aliphatic heterocycles. The Balaban J connectivity index is 2.92. The van der Waals surface area contributed by atoms with Crippen LogP contribution in [0.25, 0.3) is 0 Å². The van der Waals surface area contributed by atoms with Gasteiger partial charge in [-0.25, -0.2) is 0 Å². The molecular formula is C12H20N2O3S2. The zero-order valence-electron chi connectivity index (χ0n) is 11.0. The number of rotatable bonds is 14. The summed E-state index contributed by atoms with van der Waals surface area (Å²) in [5.74, 6) is 3.08. The van der Waals surface area contributed by atoms with E-state index in [0.29, 0.717) is 51.1 Å². The second-order valence-corrected chi connectivity index (χ2v) is 5.40. The highest BCUT2D eigenvalue weighted by Gasteiger charge is 1.93. The monoisotopic (exact) mass is 304 g/mol. The second kappa shape index (κ2) is 17.6. The van der Waals surface area contributed by atoms with Crippen molar-refractivity contribution in [3.8, 4) is 12.1 Å². The predicted octanol–water partition coefficient (Wildman–Crippen LogP) is 2.24. The van der Waals surface area contributed by atoms with Gasteiger partial charge in [-0.1, -0.05) is 0 Å². The summed E-state index contributed by atoms with van der Waals surface area (Å²) in [6.45, 7) is 2.35. The van der Waals surface area contributed by atoms with Gasteiger partial charge in [-0.2, -0.15) is 10.5 Å². The van der Waals surface area contributed by atoms with Gasteiger partial charge in [-0.15, -0.1) is 23.5 Å². The summed E-state index contributed by atoms with van der Waals surface area (Å²) in [5, 5.41) is 16.6. The molecule has 0 aromatic rings. The summed E-state index contributed by atoms with van der Waals surface area (Å²) in [5.41, 5.74) is 0. The minimum atomic E-state index is 0.453. The Hall–Kier alpha value is -0.440. The minimum absolute atomic E-state index is 0.453. The van der Waals surface area contributed by atoms with Crippen molar-refractivity contribution in [3.05, 3.63) is 0 Å². The Morgan fingerprint density at radius 3 is 1.58 bits per heavy atom. The molecule has 5 nitrogen and oxygen atoms in total. The average Bonchev–Trinajstić information content (AvgIpc) is 2.43. The van der Waals surface area contributed by atoms with Gasteiger partial charge in [0.15, 0.2) is 0 Å². The van der Waals surface area contributed by atoms with E-state index < -0.39 is 0 Å². The van der Waals surface area contributed by atoms with Crippen molar-refractivity contribution in [1.82, 2.24) is 0 Å². The third-order valence-electron chi connectivity index (χ3n) is 1.79. The first-order valence-electron chi connectivity index (χ1n) is 6.04. The van der Waals surface area contributed by atoms with Crippen molar-refractivity contribution in [2.75, 3.05) is 49.8 Å². The molecule has 0 rings (SSSR count). The Morgan fingerprint density at radius 1 is 0.684 bits per heavy atom. The molecule has 0 fully saturated rings. The molecule has 0 aliphatic carbocycles. The average molecular weight is 304 g/mol. The number of nitrogens with zero attached hydrogens (tertiary/aromatic N) is 2. The number of thioether (sulfide) groups is 2. The Kier molecular flexibility index (Phi) is 17.2. The molecule has 0 aromatic carbocycles. The first-order chi connectivity index (χ1) is 9.41. The molecule has 0 spiro atoms. The van der Waals surface area contributed by atoms with Crippen molar-refractivity contribution >= 4 is 23.5 Å². The van der Waals surface area contributed by atoms with Crippen LogP contribution in [0.4, 0.5) is 0 Å². The highest BCUT2D eigenvalue weighted by Crippen LogP contribution is 2.05. The van der Waals surface area contributed by atoms with Crippen LogP contribution in [0.1, 0.15) is 12.8 Å². The van der Waals surface area contributed by atoms with Crippen molar-refractivity contribution in [2.24, 2.45) is 0 Å². The van der Waals surface area contributed by atoms with Gasteiger partial charge < -0.3 is 14.2 Å². The van der Waals surface area contributed by atoms with Crippen LogP contribution in [-0.2, 0) is 14.2 Å².